The van der Waals surface area contributed by atoms with E-state index in [1.807, 2.05) is 30.3 Å². The van der Waals surface area contributed by atoms with Crippen LogP contribution in [0.1, 0.15) is 11.1 Å². The van der Waals surface area contributed by atoms with Crippen LogP contribution in [-0.4, -0.2) is 19.3 Å². The quantitative estimate of drug-likeness (QED) is 0.603. The van der Waals surface area contributed by atoms with Gasteiger partial charge in [0.15, 0.2) is 0 Å². The molecule has 0 amide bonds. The van der Waals surface area contributed by atoms with Gasteiger partial charge in [-0.25, -0.2) is 13.3 Å². The number of halogens is 2. The summed E-state index contributed by atoms with van der Waals surface area (Å²) in [6.45, 7) is -0.503. The Hall–Kier alpha value is -3.32. The van der Waals surface area contributed by atoms with Crippen LogP contribution in [0, 0.1) is 11.6 Å². The first kappa shape index (κ1) is 17.1. The zero-order valence-corrected chi connectivity index (χ0v) is 14.1. The lowest BCUT2D eigenvalue weighted by Gasteiger charge is -2.08. The van der Waals surface area contributed by atoms with Crippen LogP contribution in [0.15, 0.2) is 65.7 Å². The molecule has 0 bridgehead atoms. The van der Waals surface area contributed by atoms with Crippen molar-refractivity contribution in [1.82, 2.24) is 14.2 Å². The van der Waals surface area contributed by atoms with Gasteiger partial charge in [-0.1, -0.05) is 30.3 Å². The minimum absolute atomic E-state index is 0.0646. The molecule has 0 aliphatic heterocycles. The van der Waals surface area contributed by atoms with Crippen LogP contribution in [0.3, 0.4) is 0 Å². The summed E-state index contributed by atoms with van der Waals surface area (Å²) in [7, 11) is 0. The summed E-state index contributed by atoms with van der Waals surface area (Å²) >= 11 is 0. The van der Waals surface area contributed by atoms with Gasteiger partial charge < -0.3 is 9.67 Å². The highest BCUT2D eigenvalue weighted by atomic mass is 19.1. The molecule has 136 valence electrons. The second kappa shape index (κ2) is 6.77. The Balaban J connectivity index is 1.87. The van der Waals surface area contributed by atoms with Crippen molar-refractivity contribution in [2.45, 2.75) is 13.2 Å². The maximum absolute atomic E-state index is 13.9. The molecule has 0 fully saturated rings. The lowest BCUT2D eigenvalue weighted by Crippen LogP contribution is -2.23. The highest BCUT2D eigenvalue weighted by Gasteiger charge is 2.18. The molecule has 0 saturated heterocycles. The van der Waals surface area contributed by atoms with E-state index in [-0.39, 0.29) is 24.2 Å². The second-order valence-electron chi connectivity index (χ2n) is 6.11. The molecular formula is C20H15F2N3O2. The predicted octanol–water partition coefficient (Wildman–Crippen LogP) is 2.98. The van der Waals surface area contributed by atoms with Crippen LogP contribution >= 0.6 is 0 Å². The normalized spacial score (nSPS) is 11.2. The van der Waals surface area contributed by atoms with Crippen LogP contribution in [0.25, 0.3) is 16.8 Å². The van der Waals surface area contributed by atoms with Gasteiger partial charge in [0.05, 0.1) is 18.8 Å². The maximum atomic E-state index is 13.9. The number of aliphatic hydroxyl groups is 1. The molecule has 1 N–H and O–H groups in total. The summed E-state index contributed by atoms with van der Waals surface area (Å²) in [6.07, 6.45) is 3.02. The molecule has 0 radical (unpaired) electrons. The van der Waals surface area contributed by atoms with Crippen molar-refractivity contribution >= 4 is 5.52 Å². The van der Waals surface area contributed by atoms with E-state index in [9.17, 15) is 18.7 Å². The van der Waals surface area contributed by atoms with Gasteiger partial charge in [-0.05, 0) is 18.2 Å². The van der Waals surface area contributed by atoms with E-state index < -0.39 is 17.2 Å². The Labute approximate surface area is 152 Å². The molecule has 27 heavy (non-hydrogen) atoms. The summed E-state index contributed by atoms with van der Waals surface area (Å²) in [5.41, 5.74) is 1.49. The third kappa shape index (κ3) is 3.02. The number of benzene rings is 2. The molecule has 0 aliphatic carbocycles. The summed E-state index contributed by atoms with van der Waals surface area (Å²) < 4.78 is 30.0. The van der Waals surface area contributed by atoms with Gasteiger partial charge in [-0.15, -0.1) is 0 Å². The van der Waals surface area contributed by atoms with E-state index in [0.29, 0.717) is 11.3 Å². The molecule has 4 rings (SSSR count). The maximum Gasteiger partial charge on any atom is 0.277 e. The first-order chi connectivity index (χ1) is 13.1. The Morgan fingerprint density at radius 1 is 1.04 bits per heavy atom. The van der Waals surface area contributed by atoms with Gasteiger partial charge in [-0.2, -0.15) is 5.10 Å². The smallest absolute Gasteiger partial charge is 0.277 e. The van der Waals surface area contributed by atoms with E-state index >= 15 is 0 Å². The van der Waals surface area contributed by atoms with E-state index in [1.165, 1.54) is 15.3 Å². The Morgan fingerprint density at radius 2 is 1.81 bits per heavy atom. The fourth-order valence-corrected chi connectivity index (χ4v) is 3.10. The first-order valence-corrected chi connectivity index (χ1v) is 8.29. The van der Waals surface area contributed by atoms with Crippen molar-refractivity contribution in [3.05, 3.63) is 94.0 Å². The average molecular weight is 367 g/mol. The van der Waals surface area contributed by atoms with Crippen LogP contribution in [0.5, 0.6) is 0 Å². The van der Waals surface area contributed by atoms with Gasteiger partial charge in [0.25, 0.3) is 5.56 Å². The minimum atomic E-state index is -0.593. The largest absolute Gasteiger partial charge is 0.392 e. The van der Waals surface area contributed by atoms with Gasteiger partial charge in [0.2, 0.25) is 0 Å². The van der Waals surface area contributed by atoms with Gasteiger partial charge in [0, 0.05) is 29.1 Å². The fourth-order valence-electron chi connectivity index (χ4n) is 3.10. The van der Waals surface area contributed by atoms with Crippen molar-refractivity contribution in [2.75, 3.05) is 0 Å². The lowest BCUT2D eigenvalue weighted by atomic mass is 10.1. The molecule has 2 aromatic carbocycles. The second-order valence-corrected chi connectivity index (χ2v) is 6.11. The van der Waals surface area contributed by atoms with E-state index in [0.717, 1.165) is 23.8 Å². The minimum Gasteiger partial charge on any atom is -0.392 e. The molecule has 0 atom stereocenters. The molecule has 4 aromatic rings. The highest BCUT2D eigenvalue weighted by molar-refractivity contribution is 5.72. The predicted molar refractivity (Wildman–Crippen MR) is 96.3 cm³/mol. The summed E-state index contributed by atoms with van der Waals surface area (Å²) in [5.74, 6) is -1.17. The number of nitrogens with zero attached hydrogens (tertiary/aromatic N) is 3. The molecule has 2 aromatic heterocycles. The monoisotopic (exact) mass is 367 g/mol. The number of aliphatic hydroxyl groups excluding tert-OH is 1. The van der Waals surface area contributed by atoms with E-state index in [1.54, 1.807) is 6.20 Å². The van der Waals surface area contributed by atoms with Gasteiger partial charge >= 0.3 is 0 Å². The lowest BCUT2D eigenvalue weighted by molar-refractivity contribution is 0.283. The zero-order valence-electron chi connectivity index (χ0n) is 14.1. The Morgan fingerprint density at radius 3 is 2.56 bits per heavy atom. The fraction of sp³-hybridized carbons (Fsp3) is 0.100. The molecular weight excluding hydrogens is 352 g/mol. The summed E-state index contributed by atoms with van der Waals surface area (Å²) in [6, 6.07) is 12.3. The Kier molecular flexibility index (Phi) is 4.29. The third-order valence-corrected chi connectivity index (χ3v) is 4.41. The van der Waals surface area contributed by atoms with Crippen molar-refractivity contribution < 1.29 is 13.9 Å². The first-order valence-electron chi connectivity index (χ1n) is 8.29. The van der Waals surface area contributed by atoms with E-state index in [2.05, 4.69) is 5.10 Å². The number of rotatable bonds is 4. The SMILES string of the molecule is O=c1c2c(CO)c(-c3ccccc3)nn2ccn1Cc1cc(F)ccc1F. The van der Waals surface area contributed by atoms with Crippen LogP contribution in [0.2, 0.25) is 0 Å². The molecule has 0 spiro atoms. The number of aromatic nitrogens is 3. The highest BCUT2D eigenvalue weighted by Crippen LogP contribution is 2.24. The zero-order chi connectivity index (χ0) is 19.0. The third-order valence-electron chi connectivity index (χ3n) is 4.41. The van der Waals surface area contributed by atoms with E-state index in [4.69, 9.17) is 0 Å². The topological polar surface area (TPSA) is 59.5 Å². The van der Waals surface area contributed by atoms with Crippen LogP contribution in [0.4, 0.5) is 8.78 Å². The molecule has 7 heteroatoms. The number of hydrogen-bond acceptors (Lipinski definition) is 3. The summed E-state index contributed by atoms with van der Waals surface area (Å²) in [4.78, 5) is 12.9. The average Bonchev–Trinajstić information content (AvgIpc) is 3.07. The van der Waals surface area contributed by atoms with Crippen molar-refractivity contribution in [2.24, 2.45) is 0 Å². The van der Waals surface area contributed by atoms with Crippen LogP contribution in [-0.2, 0) is 13.2 Å². The van der Waals surface area contributed by atoms with Gasteiger partial charge in [0.1, 0.15) is 17.2 Å². The summed E-state index contributed by atoms with van der Waals surface area (Å²) in [5, 5.41) is 14.2. The molecule has 2 heterocycles. The van der Waals surface area contributed by atoms with Crippen LogP contribution < -0.4 is 5.56 Å². The standard InChI is InChI=1S/C20H15F2N3O2/c21-15-6-7-17(22)14(10-15)11-24-8-9-25-19(20(24)27)16(12-26)18(23-25)13-4-2-1-3-5-13/h1-10,26H,11-12H2. The molecule has 0 saturated carbocycles. The number of hydrogen-bond donors (Lipinski definition) is 1. The molecule has 0 unspecified atom stereocenters. The number of fused-ring (bicyclic) bond motifs is 1. The molecule has 0 aliphatic rings. The molecule has 5 nitrogen and oxygen atoms in total. The van der Waals surface area contributed by atoms with Gasteiger partial charge in [-0.3, -0.25) is 4.79 Å². The van der Waals surface area contributed by atoms with Crippen molar-refractivity contribution in [1.29, 1.82) is 0 Å². The van der Waals surface area contributed by atoms with Crippen molar-refractivity contribution in [3.8, 4) is 11.3 Å². The van der Waals surface area contributed by atoms with Crippen molar-refractivity contribution in [3.63, 3.8) is 0 Å². The Bertz CT molecular complexity index is 1180.